The molecule has 0 unspecified atom stereocenters. The van der Waals surface area contributed by atoms with Crippen molar-refractivity contribution in [1.82, 2.24) is 30.3 Å². The highest BCUT2D eigenvalue weighted by Gasteiger charge is 2.14. The Labute approximate surface area is 146 Å². The zero-order valence-electron chi connectivity index (χ0n) is 13.3. The van der Waals surface area contributed by atoms with Gasteiger partial charge < -0.3 is 14.8 Å². The average molecular weight is 358 g/mol. The Hall–Kier alpha value is -2.88. The van der Waals surface area contributed by atoms with E-state index >= 15 is 0 Å². The molecule has 1 aliphatic heterocycles. The van der Waals surface area contributed by atoms with E-state index in [1.54, 1.807) is 11.7 Å². The summed E-state index contributed by atoms with van der Waals surface area (Å²) in [7, 11) is 1.76. The third kappa shape index (κ3) is 3.20. The number of carbonyl (C=O) groups is 1. The molecule has 9 nitrogen and oxygen atoms in total. The Balaban J connectivity index is 1.34. The molecule has 3 heterocycles. The Morgan fingerprint density at radius 2 is 2.20 bits per heavy atom. The number of ether oxygens (including phenoxy) is 2. The van der Waals surface area contributed by atoms with E-state index in [-0.39, 0.29) is 18.5 Å². The zero-order valence-corrected chi connectivity index (χ0v) is 14.1. The average Bonchev–Trinajstić information content (AvgIpc) is 3.25. The van der Waals surface area contributed by atoms with Gasteiger partial charge in [-0.15, -0.1) is 5.10 Å². The van der Waals surface area contributed by atoms with Crippen LogP contribution in [0.1, 0.15) is 5.56 Å². The summed E-state index contributed by atoms with van der Waals surface area (Å²) in [5.74, 6) is 1.56. The number of aromatic nitrogens is 5. The van der Waals surface area contributed by atoms with Crippen molar-refractivity contribution in [3.63, 3.8) is 0 Å². The van der Waals surface area contributed by atoms with Gasteiger partial charge in [0.05, 0.1) is 5.75 Å². The molecule has 1 N–H and O–H groups in total. The molecule has 1 amide bonds. The number of carbonyl (C=O) groups excluding carboxylic acids is 1. The van der Waals surface area contributed by atoms with Crippen molar-refractivity contribution in [3.05, 3.63) is 30.1 Å². The summed E-state index contributed by atoms with van der Waals surface area (Å²) < 4.78 is 12.2. The number of hydrogen-bond acceptors (Lipinski definition) is 8. The first kappa shape index (κ1) is 15.6. The van der Waals surface area contributed by atoms with Gasteiger partial charge in [-0.25, -0.2) is 14.6 Å². The van der Waals surface area contributed by atoms with Gasteiger partial charge in [0.1, 0.15) is 11.4 Å². The molecule has 0 spiro atoms. The molecule has 1 aromatic carbocycles. The van der Waals surface area contributed by atoms with Crippen molar-refractivity contribution >= 4 is 28.8 Å². The summed E-state index contributed by atoms with van der Waals surface area (Å²) in [6.45, 7) is 0.651. The molecule has 0 bridgehead atoms. The van der Waals surface area contributed by atoms with Crippen LogP contribution in [0.2, 0.25) is 0 Å². The quantitative estimate of drug-likeness (QED) is 0.530. The van der Waals surface area contributed by atoms with Gasteiger partial charge in [0.2, 0.25) is 12.7 Å². The molecule has 3 aromatic rings. The van der Waals surface area contributed by atoms with E-state index < -0.39 is 0 Å². The fourth-order valence-electron chi connectivity index (χ4n) is 2.37. The summed E-state index contributed by atoms with van der Waals surface area (Å²) in [5, 5.41) is 11.5. The molecule has 0 fully saturated rings. The Morgan fingerprint density at radius 1 is 1.32 bits per heavy atom. The van der Waals surface area contributed by atoms with Crippen LogP contribution in [0.5, 0.6) is 11.5 Å². The van der Waals surface area contributed by atoms with Crippen LogP contribution in [-0.4, -0.2) is 43.4 Å². The van der Waals surface area contributed by atoms with Crippen LogP contribution in [0.15, 0.2) is 29.6 Å². The fourth-order valence-corrected chi connectivity index (χ4v) is 3.13. The SMILES string of the molecule is Cn1nnc2c(SCC(=O)NCc3ccc4c(c3)OCO4)ncnc21. The molecule has 1 aliphatic rings. The second kappa shape index (κ2) is 6.55. The minimum absolute atomic E-state index is 0.0988. The van der Waals surface area contributed by atoms with Crippen molar-refractivity contribution in [2.75, 3.05) is 12.5 Å². The molecule has 0 saturated carbocycles. The molecule has 0 aliphatic carbocycles. The lowest BCUT2D eigenvalue weighted by molar-refractivity contribution is -0.118. The van der Waals surface area contributed by atoms with Crippen LogP contribution >= 0.6 is 11.8 Å². The van der Waals surface area contributed by atoms with Gasteiger partial charge in [-0.2, -0.15) is 0 Å². The smallest absolute Gasteiger partial charge is 0.231 e. The molecular formula is C15H14N6O3S. The highest BCUT2D eigenvalue weighted by atomic mass is 32.2. The van der Waals surface area contributed by atoms with Crippen molar-refractivity contribution in [2.24, 2.45) is 7.05 Å². The van der Waals surface area contributed by atoms with E-state index in [9.17, 15) is 4.79 Å². The van der Waals surface area contributed by atoms with E-state index in [0.717, 1.165) is 11.3 Å². The van der Waals surface area contributed by atoms with Gasteiger partial charge in [-0.3, -0.25) is 4.79 Å². The maximum Gasteiger partial charge on any atom is 0.231 e. The van der Waals surface area contributed by atoms with Gasteiger partial charge in [0.25, 0.3) is 0 Å². The van der Waals surface area contributed by atoms with Crippen LogP contribution < -0.4 is 14.8 Å². The lowest BCUT2D eigenvalue weighted by Gasteiger charge is -2.06. The highest BCUT2D eigenvalue weighted by molar-refractivity contribution is 8.00. The van der Waals surface area contributed by atoms with Crippen molar-refractivity contribution in [3.8, 4) is 11.5 Å². The van der Waals surface area contributed by atoms with Gasteiger partial charge in [-0.05, 0) is 17.7 Å². The number of rotatable bonds is 5. The first-order valence-corrected chi connectivity index (χ1v) is 8.47. The summed E-state index contributed by atoms with van der Waals surface area (Å²) >= 11 is 1.30. The lowest BCUT2D eigenvalue weighted by atomic mass is 10.2. The molecule has 25 heavy (non-hydrogen) atoms. The highest BCUT2D eigenvalue weighted by Crippen LogP contribution is 2.32. The van der Waals surface area contributed by atoms with Crippen LogP contribution in [0.25, 0.3) is 11.2 Å². The van der Waals surface area contributed by atoms with Gasteiger partial charge in [0.15, 0.2) is 22.7 Å². The summed E-state index contributed by atoms with van der Waals surface area (Å²) in [4.78, 5) is 20.4. The third-order valence-corrected chi connectivity index (χ3v) is 4.60. The standard InChI is InChI=1S/C15H14N6O3S/c1-21-14-13(19-20-21)15(18-7-17-14)25-6-12(22)16-5-9-2-3-10-11(4-9)24-8-23-10/h2-4,7H,5-6,8H2,1H3,(H,16,22). The van der Waals surface area contributed by atoms with Crippen LogP contribution in [0.4, 0.5) is 0 Å². The van der Waals surface area contributed by atoms with Crippen LogP contribution in [0, 0.1) is 0 Å². The number of aryl methyl sites for hydroxylation is 1. The first-order valence-electron chi connectivity index (χ1n) is 7.49. The third-order valence-electron chi connectivity index (χ3n) is 3.62. The second-order valence-electron chi connectivity index (χ2n) is 5.32. The van der Waals surface area contributed by atoms with E-state index in [2.05, 4.69) is 25.6 Å². The molecule has 4 rings (SSSR count). The number of nitrogens with zero attached hydrogens (tertiary/aromatic N) is 5. The first-order chi connectivity index (χ1) is 12.2. The van der Waals surface area contributed by atoms with Crippen molar-refractivity contribution in [2.45, 2.75) is 11.6 Å². The number of amides is 1. The zero-order chi connectivity index (χ0) is 17.2. The predicted molar refractivity (Wildman–Crippen MR) is 89.2 cm³/mol. The second-order valence-corrected chi connectivity index (χ2v) is 6.28. The Bertz CT molecular complexity index is 944. The van der Waals surface area contributed by atoms with E-state index in [1.807, 2.05) is 18.2 Å². The monoisotopic (exact) mass is 358 g/mol. The normalized spacial score (nSPS) is 12.5. The number of thioether (sulfide) groups is 1. The van der Waals surface area contributed by atoms with Crippen LogP contribution in [0.3, 0.4) is 0 Å². The summed E-state index contributed by atoms with van der Waals surface area (Å²) in [6.07, 6.45) is 1.44. The number of fused-ring (bicyclic) bond motifs is 2. The topological polar surface area (TPSA) is 104 Å². The number of benzene rings is 1. The Morgan fingerprint density at radius 3 is 3.12 bits per heavy atom. The molecule has 2 aromatic heterocycles. The van der Waals surface area contributed by atoms with Crippen molar-refractivity contribution in [1.29, 1.82) is 0 Å². The molecule has 128 valence electrons. The van der Waals surface area contributed by atoms with E-state index in [4.69, 9.17) is 9.47 Å². The van der Waals surface area contributed by atoms with Gasteiger partial charge >= 0.3 is 0 Å². The van der Waals surface area contributed by atoms with Crippen LogP contribution in [-0.2, 0) is 18.4 Å². The van der Waals surface area contributed by atoms with Gasteiger partial charge in [0, 0.05) is 13.6 Å². The molecular weight excluding hydrogens is 344 g/mol. The molecule has 10 heteroatoms. The van der Waals surface area contributed by atoms with E-state index in [1.165, 1.54) is 18.1 Å². The minimum Gasteiger partial charge on any atom is -0.454 e. The minimum atomic E-state index is -0.0988. The van der Waals surface area contributed by atoms with E-state index in [0.29, 0.717) is 28.5 Å². The summed E-state index contributed by atoms with van der Waals surface area (Å²) in [5.41, 5.74) is 2.18. The molecule has 0 saturated heterocycles. The fraction of sp³-hybridized carbons (Fsp3) is 0.267. The summed E-state index contributed by atoms with van der Waals surface area (Å²) in [6, 6.07) is 5.60. The Kier molecular flexibility index (Phi) is 4.10. The predicted octanol–water partition coefficient (Wildman–Crippen LogP) is 0.895. The molecule has 0 radical (unpaired) electrons. The maximum absolute atomic E-state index is 12.1. The lowest BCUT2D eigenvalue weighted by Crippen LogP contribution is -2.24. The van der Waals surface area contributed by atoms with Gasteiger partial charge in [-0.1, -0.05) is 23.0 Å². The molecule has 0 atom stereocenters. The van der Waals surface area contributed by atoms with Crippen molar-refractivity contribution < 1.29 is 14.3 Å². The number of hydrogen-bond donors (Lipinski definition) is 1. The largest absolute Gasteiger partial charge is 0.454 e. The number of nitrogens with one attached hydrogen (secondary N) is 1. The maximum atomic E-state index is 12.1.